The molecular weight excluding hydrogens is 404 g/mol. The summed E-state index contributed by atoms with van der Waals surface area (Å²) in [5.41, 5.74) is 2.67. The third-order valence-electron chi connectivity index (χ3n) is 4.43. The van der Waals surface area contributed by atoms with E-state index in [9.17, 15) is 9.59 Å². The first kappa shape index (κ1) is 22.9. The van der Waals surface area contributed by atoms with E-state index < -0.39 is 11.9 Å². The first-order chi connectivity index (χ1) is 13.8. The van der Waals surface area contributed by atoms with Gasteiger partial charge in [0.15, 0.2) is 5.78 Å². The Morgan fingerprint density at radius 1 is 1.10 bits per heavy atom. The van der Waals surface area contributed by atoms with Crippen molar-refractivity contribution in [2.45, 2.75) is 18.7 Å². The molecule has 2 atom stereocenters. The van der Waals surface area contributed by atoms with Gasteiger partial charge in [0.05, 0.1) is 22.7 Å². The van der Waals surface area contributed by atoms with E-state index >= 15 is 0 Å². The van der Waals surface area contributed by atoms with Gasteiger partial charge < -0.3 is 15.3 Å². The van der Waals surface area contributed by atoms with E-state index in [1.165, 1.54) is 11.8 Å². The molecule has 29 heavy (non-hydrogen) atoms. The summed E-state index contributed by atoms with van der Waals surface area (Å²) in [5, 5.41) is 12.0. The third kappa shape index (κ3) is 6.87. The molecule has 0 amide bonds. The minimum atomic E-state index is -0.839. The highest BCUT2D eigenvalue weighted by molar-refractivity contribution is 7.99. The van der Waals surface area contributed by atoms with E-state index in [-0.39, 0.29) is 17.6 Å². The van der Waals surface area contributed by atoms with E-state index in [0.29, 0.717) is 16.3 Å². The smallest absolute Gasteiger partial charge is 0.304 e. The molecule has 0 aliphatic heterocycles. The molecule has 2 aromatic carbocycles. The van der Waals surface area contributed by atoms with Crippen molar-refractivity contribution in [2.24, 2.45) is 5.92 Å². The van der Waals surface area contributed by atoms with E-state index in [2.05, 4.69) is 5.32 Å². The number of hydrogen-bond acceptors (Lipinski definition) is 5. The van der Waals surface area contributed by atoms with Crippen molar-refractivity contribution >= 4 is 46.4 Å². The molecule has 0 fully saturated rings. The molecule has 0 bridgehead atoms. The molecule has 0 heterocycles. The molecule has 0 aliphatic rings. The number of thiocarbonyl (C=S) groups is 1. The number of thioether (sulfide) groups is 1. The number of nitrogens with one attached hydrogen (secondary N) is 1. The van der Waals surface area contributed by atoms with Crippen molar-refractivity contribution in [3.8, 4) is 0 Å². The largest absolute Gasteiger partial charge is 0.481 e. The lowest BCUT2D eigenvalue weighted by Gasteiger charge is -2.23. The monoisotopic (exact) mass is 430 g/mol. The minimum Gasteiger partial charge on any atom is -0.481 e. The van der Waals surface area contributed by atoms with Gasteiger partial charge in [0.1, 0.15) is 0 Å². The van der Waals surface area contributed by atoms with Gasteiger partial charge >= 0.3 is 5.97 Å². The number of carbonyl (C=O) groups is 2. The molecule has 2 unspecified atom stereocenters. The van der Waals surface area contributed by atoms with Gasteiger partial charge in [-0.1, -0.05) is 54.7 Å². The van der Waals surface area contributed by atoms with E-state index in [0.717, 1.165) is 11.3 Å². The summed E-state index contributed by atoms with van der Waals surface area (Å²) in [6.45, 7) is 1.79. The molecule has 154 valence electrons. The van der Waals surface area contributed by atoms with E-state index in [1.54, 1.807) is 19.1 Å². The first-order valence-corrected chi connectivity index (χ1v) is 10.8. The van der Waals surface area contributed by atoms with Crippen LogP contribution in [0.1, 0.15) is 34.6 Å². The van der Waals surface area contributed by atoms with Crippen molar-refractivity contribution < 1.29 is 14.7 Å². The fourth-order valence-corrected chi connectivity index (χ4v) is 4.05. The summed E-state index contributed by atoms with van der Waals surface area (Å²) >= 11 is 6.99. The summed E-state index contributed by atoms with van der Waals surface area (Å²) in [6, 6.07) is 17.1. The molecule has 7 heteroatoms. The summed E-state index contributed by atoms with van der Waals surface area (Å²) in [6.07, 6.45) is 0.0594. The predicted molar refractivity (Wildman–Crippen MR) is 124 cm³/mol. The molecule has 2 aromatic rings. The Bertz CT molecular complexity index is 839. The summed E-state index contributed by atoms with van der Waals surface area (Å²) in [7, 11) is 3.94. The van der Waals surface area contributed by atoms with Gasteiger partial charge in [0.25, 0.3) is 0 Å². The molecule has 0 saturated heterocycles. The molecule has 0 aliphatic carbocycles. The van der Waals surface area contributed by atoms with Crippen molar-refractivity contribution in [3.63, 3.8) is 0 Å². The molecule has 0 aromatic heterocycles. The second kappa shape index (κ2) is 11.0. The SMILES string of the molecule is CC(C(=O)c1ccccc1)C(=S)NC(SCCC(=O)O)c1ccc(N(C)C)cc1. The number of carboxylic acids is 1. The van der Waals surface area contributed by atoms with Crippen LogP contribution in [0.4, 0.5) is 5.69 Å². The van der Waals surface area contributed by atoms with Crippen LogP contribution >= 0.6 is 24.0 Å². The maximum atomic E-state index is 12.7. The third-order valence-corrected chi connectivity index (χ3v) is 6.07. The predicted octanol–water partition coefficient (Wildman–Crippen LogP) is 4.40. The zero-order chi connectivity index (χ0) is 21.4. The number of nitrogens with zero attached hydrogens (tertiary/aromatic N) is 1. The number of aliphatic carboxylic acids is 1. The van der Waals surface area contributed by atoms with E-state index in [1.807, 2.05) is 61.5 Å². The fourth-order valence-electron chi connectivity index (χ4n) is 2.66. The van der Waals surface area contributed by atoms with Crippen molar-refractivity contribution in [3.05, 3.63) is 65.7 Å². The van der Waals surface area contributed by atoms with Gasteiger partial charge in [0, 0.05) is 31.1 Å². The van der Waals surface area contributed by atoms with Gasteiger partial charge in [-0.2, -0.15) is 0 Å². The summed E-state index contributed by atoms with van der Waals surface area (Å²) < 4.78 is 0. The van der Waals surface area contributed by atoms with Gasteiger partial charge in [-0.05, 0) is 24.6 Å². The Labute approximate surface area is 181 Å². The lowest BCUT2D eigenvalue weighted by atomic mass is 9.99. The second-order valence-electron chi connectivity index (χ2n) is 6.84. The number of benzene rings is 2. The Morgan fingerprint density at radius 3 is 2.28 bits per heavy atom. The highest BCUT2D eigenvalue weighted by Crippen LogP contribution is 2.29. The molecule has 2 rings (SSSR count). The molecular formula is C22H26N2O3S2. The van der Waals surface area contributed by atoms with Gasteiger partial charge in [-0.3, -0.25) is 9.59 Å². The number of Topliss-reactive ketones (excluding diaryl/α,β-unsaturated/α-hetero) is 1. The molecule has 5 nitrogen and oxygen atoms in total. The number of carboxylic acid groups (broad SMARTS) is 1. The van der Waals surface area contributed by atoms with E-state index in [4.69, 9.17) is 17.3 Å². The maximum Gasteiger partial charge on any atom is 0.304 e. The molecule has 0 spiro atoms. The maximum absolute atomic E-state index is 12.7. The average Bonchev–Trinajstić information content (AvgIpc) is 2.72. The quantitative estimate of drug-likeness (QED) is 0.329. The normalized spacial score (nSPS) is 12.7. The number of ketones is 1. The van der Waals surface area contributed by atoms with Crippen LogP contribution in [0.5, 0.6) is 0 Å². The fraction of sp³-hybridized carbons (Fsp3) is 0.318. The number of hydrogen-bond donors (Lipinski definition) is 2. The average molecular weight is 431 g/mol. The Morgan fingerprint density at radius 2 is 1.72 bits per heavy atom. The zero-order valence-electron chi connectivity index (χ0n) is 16.8. The Balaban J connectivity index is 2.13. The van der Waals surface area contributed by atoms with Crippen molar-refractivity contribution in [2.75, 3.05) is 24.7 Å². The zero-order valence-corrected chi connectivity index (χ0v) is 18.4. The summed E-state index contributed by atoms with van der Waals surface area (Å²) in [4.78, 5) is 26.1. The molecule has 0 saturated carbocycles. The van der Waals surface area contributed by atoms with Crippen LogP contribution in [-0.4, -0.2) is 41.7 Å². The van der Waals surface area contributed by atoms with Gasteiger partial charge in [0.2, 0.25) is 0 Å². The highest BCUT2D eigenvalue weighted by Gasteiger charge is 2.23. The second-order valence-corrected chi connectivity index (χ2v) is 8.49. The number of anilines is 1. The van der Waals surface area contributed by atoms with Crippen LogP contribution in [0.25, 0.3) is 0 Å². The van der Waals surface area contributed by atoms with Crippen LogP contribution in [0, 0.1) is 5.92 Å². The van der Waals surface area contributed by atoms with Crippen LogP contribution in [0.15, 0.2) is 54.6 Å². The highest BCUT2D eigenvalue weighted by atomic mass is 32.2. The van der Waals surface area contributed by atoms with Crippen LogP contribution < -0.4 is 10.2 Å². The molecule has 2 N–H and O–H groups in total. The van der Waals surface area contributed by atoms with Gasteiger partial charge in [-0.25, -0.2) is 0 Å². The first-order valence-electron chi connectivity index (χ1n) is 9.30. The lowest BCUT2D eigenvalue weighted by molar-refractivity contribution is -0.136. The van der Waals surface area contributed by atoms with Gasteiger partial charge in [-0.15, -0.1) is 11.8 Å². The topological polar surface area (TPSA) is 69.6 Å². The number of rotatable bonds is 10. The lowest BCUT2D eigenvalue weighted by Crippen LogP contribution is -2.34. The van der Waals surface area contributed by atoms with Crippen LogP contribution in [0.2, 0.25) is 0 Å². The number of carbonyl (C=O) groups excluding carboxylic acids is 1. The standard InChI is InChI=1S/C22H26N2O3S2/c1-15(20(27)16-7-5-4-6-8-16)21(28)23-22(29-14-13-19(25)26)17-9-11-18(12-10-17)24(2)3/h4-12,15,22H,13-14H2,1-3H3,(H,23,28)(H,25,26). The minimum absolute atomic E-state index is 0.0414. The van der Waals surface area contributed by atoms with Crippen molar-refractivity contribution in [1.29, 1.82) is 0 Å². The Kier molecular flexibility index (Phi) is 8.67. The van der Waals surface area contributed by atoms with Crippen LogP contribution in [0.3, 0.4) is 0 Å². The Hall–Kier alpha value is -2.38. The van der Waals surface area contributed by atoms with Crippen LogP contribution in [-0.2, 0) is 4.79 Å². The van der Waals surface area contributed by atoms with Crippen molar-refractivity contribution in [1.82, 2.24) is 5.32 Å². The molecule has 0 radical (unpaired) electrons. The summed E-state index contributed by atoms with van der Waals surface area (Å²) in [5.74, 6) is -0.919.